The zero-order chi connectivity index (χ0) is 11.7. The molecule has 3 unspecified atom stereocenters. The minimum Gasteiger partial charge on any atom is -0.379 e. The highest BCUT2D eigenvalue weighted by Gasteiger charge is 2.52. The van der Waals surface area contributed by atoms with E-state index in [1.165, 1.54) is 6.92 Å². The Labute approximate surface area is 91.4 Å². The Morgan fingerprint density at radius 1 is 1.67 bits per heavy atom. The van der Waals surface area contributed by atoms with Gasteiger partial charge in [-0.05, 0) is 25.7 Å². The summed E-state index contributed by atoms with van der Waals surface area (Å²) in [5.41, 5.74) is 3.24. The van der Waals surface area contributed by atoms with E-state index in [1.807, 2.05) is 0 Å². The van der Waals surface area contributed by atoms with Gasteiger partial charge in [0.15, 0.2) is 0 Å². The number of rotatable bonds is 3. The summed E-state index contributed by atoms with van der Waals surface area (Å²) in [5, 5.41) is 10.3. The first-order valence-corrected chi connectivity index (χ1v) is 5.54. The minimum absolute atomic E-state index is 0.242. The molecule has 0 aromatic rings. The van der Waals surface area contributed by atoms with Gasteiger partial charge in [0.2, 0.25) is 5.91 Å². The molecule has 0 saturated heterocycles. The molecule has 1 aliphatic rings. The van der Waals surface area contributed by atoms with Crippen molar-refractivity contribution in [2.75, 3.05) is 0 Å². The average Bonchev–Trinajstić information content (AvgIpc) is 2.18. The number of carbonyl (C=O) groups is 1. The van der Waals surface area contributed by atoms with Crippen molar-refractivity contribution >= 4 is 5.91 Å². The molecule has 0 aromatic heterocycles. The monoisotopic (exact) mass is 211 g/mol. The maximum absolute atomic E-state index is 11.4. The maximum Gasteiger partial charge on any atom is 0.250 e. The first kappa shape index (κ1) is 12.2. The van der Waals surface area contributed by atoms with E-state index >= 15 is 0 Å². The van der Waals surface area contributed by atoms with Crippen LogP contribution in [0.15, 0.2) is 12.7 Å². The Kier molecular flexibility index (Phi) is 3.24. The molecule has 3 heteroatoms. The summed E-state index contributed by atoms with van der Waals surface area (Å²) in [7, 11) is 0. The van der Waals surface area contributed by atoms with Crippen LogP contribution in [0.4, 0.5) is 0 Å². The van der Waals surface area contributed by atoms with Crippen LogP contribution in [0.2, 0.25) is 0 Å². The third-order valence-corrected chi connectivity index (χ3v) is 4.11. The molecule has 1 fully saturated rings. The lowest BCUT2D eigenvalue weighted by atomic mass is 9.58. The summed E-state index contributed by atoms with van der Waals surface area (Å²) in [4.78, 5) is 11.4. The number of hydrogen-bond acceptors (Lipinski definition) is 2. The van der Waals surface area contributed by atoms with Gasteiger partial charge in [-0.2, -0.15) is 0 Å². The molecule has 1 aliphatic carbocycles. The van der Waals surface area contributed by atoms with Crippen molar-refractivity contribution in [2.24, 2.45) is 17.1 Å². The average molecular weight is 211 g/mol. The molecule has 1 amide bonds. The minimum atomic E-state index is -1.49. The van der Waals surface area contributed by atoms with Gasteiger partial charge in [0.1, 0.15) is 5.60 Å². The summed E-state index contributed by atoms with van der Waals surface area (Å²) in [6.07, 6.45) is 5.68. The van der Waals surface area contributed by atoms with Gasteiger partial charge in [-0.3, -0.25) is 4.79 Å². The molecule has 3 nitrogen and oxygen atoms in total. The topological polar surface area (TPSA) is 63.3 Å². The summed E-state index contributed by atoms with van der Waals surface area (Å²) < 4.78 is 0. The number of hydrogen-bond donors (Lipinski definition) is 2. The maximum atomic E-state index is 11.4. The van der Waals surface area contributed by atoms with Gasteiger partial charge >= 0.3 is 0 Å². The predicted molar refractivity (Wildman–Crippen MR) is 60.1 cm³/mol. The van der Waals surface area contributed by atoms with E-state index in [9.17, 15) is 9.90 Å². The highest BCUT2D eigenvalue weighted by atomic mass is 16.3. The van der Waals surface area contributed by atoms with Gasteiger partial charge < -0.3 is 10.8 Å². The standard InChI is InChI=1S/C12H21NO2/c1-4-12(11(3,15)10(13)14)8-6-5-7-9(12)2/h4,9,15H,1,5-8H2,2-3H3,(H2,13,14). The van der Waals surface area contributed by atoms with Crippen LogP contribution in [0.1, 0.15) is 39.5 Å². The van der Waals surface area contributed by atoms with E-state index in [0.29, 0.717) is 0 Å². The molecule has 0 heterocycles. The van der Waals surface area contributed by atoms with Crippen LogP contribution in [-0.4, -0.2) is 16.6 Å². The first-order chi connectivity index (χ1) is 6.88. The zero-order valence-electron chi connectivity index (χ0n) is 9.62. The lowest BCUT2D eigenvalue weighted by Gasteiger charge is -2.48. The van der Waals surface area contributed by atoms with Gasteiger partial charge in [0.25, 0.3) is 0 Å². The number of nitrogens with two attached hydrogens (primary N) is 1. The van der Waals surface area contributed by atoms with Crippen LogP contribution in [0.3, 0.4) is 0 Å². The van der Waals surface area contributed by atoms with E-state index < -0.39 is 16.9 Å². The molecular weight excluding hydrogens is 190 g/mol. The molecule has 1 saturated carbocycles. The Morgan fingerprint density at radius 2 is 2.27 bits per heavy atom. The third kappa shape index (κ3) is 1.69. The molecule has 0 aromatic carbocycles. The van der Waals surface area contributed by atoms with E-state index in [0.717, 1.165) is 25.7 Å². The molecule has 86 valence electrons. The van der Waals surface area contributed by atoms with E-state index in [2.05, 4.69) is 13.5 Å². The van der Waals surface area contributed by atoms with Crippen LogP contribution in [0.5, 0.6) is 0 Å². The van der Waals surface area contributed by atoms with Crippen molar-refractivity contribution in [3.8, 4) is 0 Å². The fraction of sp³-hybridized carbons (Fsp3) is 0.750. The SMILES string of the molecule is C=CC1(C(C)(O)C(N)=O)CCCCC1C. The molecular formula is C12H21NO2. The van der Waals surface area contributed by atoms with Gasteiger partial charge in [0.05, 0.1) is 0 Å². The number of aliphatic hydroxyl groups is 1. The lowest BCUT2D eigenvalue weighted by Crippen LogP contribution is -2.57. The second-order valence-electron chi connectivity index (χ2n) is 4.83. The summed E-state index contributed by atoms with van der Waals surface area (Å²) in [6, 6.07) is 0. The normalized spacial score (nSPS) is 35.5. The zero-order valence-corrected chi connectivity index (χ0v) is 9.62. The number of carbonyl (C=O) groups excluding carboxylic acids is 1. The number of amides is 1. The van der Waals surface area contributed by atoms with Crippen LogP contribution in [-0.2, 0) is 4.79 Å². The Morgan fingerprint density at radius 3 is 2.67 bits per heavy atom. The van der Waals surface area contributed by atoms with E-state index in [-0.39, 0.29) is 5.92 Å². The Hall–Kier alpha value is -0.830. The second-order valence-corrected chi connectivity index (χ2v) is 4.83. The summed E-state index contributed by atoms with van der Waals surface area (Å²) >= 11 is 0. The van der Waals surface area contributed by atoms with Crippen molar-refractivity contribution < 1.29 is 9.90 Å². The molecule has 0 radical (unpaired) electrons. The molecule has 15 heavy (non-hydrogen) atoms. The highest BCUT2D eigenvalue weighted by molar-refractivity contribution is 5.84. The van der Waals surface area contributed by atoms with Crippen molar-refractivity contribution in [3.05, 3.63) is 12.7 Å². The molecule has 3 atom stereocenters. The molecule has 0 spiro atoms. The van der Waals surface area contributed by atoms with Crippen molar-refractivity contribution in [1.82, 2.24) is 0 Å². The first-order valence-electron chi connectivity index (χ1n) is 5.54. The second kappa shape index (κ2) is 3.97. The Bertz CT molecular complexity index is 273. The molecule has 0 bridgehead atoms. The van der Waals surface area contributed by atoms with Crippen molar-refractivity contribution in [1.29, 1.82) is 0 Å². The van der Waals surface area contributed by atoms with Gasteiger partial charge in [-0.1, -0.05) is 25.8 Å². The smallest absolute Gasteiger partial charge is 0.250 e. The Balaban J connectivity index is 3.12. The molecule has 1 rings (SSSR count). The van der Waals surface area contributed by atoms with Crippen molar-refractivity contribution in [2.45, 2.75) is 45.1 Å². The summed E-state index contributed by atoms with van der Waals surface area (Å²) in [5.74, 6) is -0.414. The van der Waals surface area contributed by atoms with Gasteiger partial charge in [0, 0.05) is 5.41 Å². The van der Waals surface area contributed by atoms with Crippen LogP contribution < -0.4 is 5.73 Å². The number of primary amides is 1. The van der Waals surface area contributed by atoms with Gasteiger partial charge in [-0.15, -0.1) is 6.58 Å². The van der Waals surface area contributed by atoms with Crippen LogP contribution in [0.25, 0.3) is 0 Å². The van der Waals surface area contributed by atoms with Crippen LogP contribution >= 0.6 is 0 Å². The quantitative estimate of drug-likeness (QED) is 0.696. The third-order valence-electron chi connectivity index (χ3n) is 4.11. The predicted octanol–water partition coefficient (Wildman–Crippen LogP) is 1.61. The molecule has 3 N–H and O–H groups in total. The van der Waals surface area contributed by atoms with E-state index in [4.69, 9.17) is 5.73 Å². The van der Waals surface area contributed by atoms with Gasteiger partial charge in [-0.25, -0.2) is 0 Å². The summed E-state index contributed by atoms with van der Waals surface area (Å²) in [6.45, 7) is 7.35. The molecule has 0 aliphatic heterocycles. The van der Waals surface area contributed by atoms with Crippen LogP contribution in [0, 0.1) is 11.3 Å². The fourth-order valence-electron chi connectivity index (χ4n) is 2.83. The largest absolute Gasteiger partial charge is 0.379 e. The van der Waals surface area contributed by atoms with E-state index in [1.54, 1.807) is 6.08 Å². The van der Waals surface area contributed by atoms with Crippen molar-refractivity contribution in [3.63, 3.8) is 0 Å². The fourth-order valence-corrected chi connectivity index (χ4v) is 2.83. The highest BCUT2D eigenvalue weighted by Crippen LogP contribution is 2.49. The lowest BCUT2D eigenvalue weighted by molar-refractivity contribution is -0.153.